The number of amides is 1. The zero-order valence-corrected chi connectivity index (χ0v) is 15.5. The van der Waals surface area contributed by atoms with Gasteiger partial charge in [0, 0.05) is 23.7 Å². The van der Waals surface area contributed by atoms with Crippen LogP contribution in [-0.2, 0) is 11.3 Å². The average molecular weight is 368 g/mol. The maximum Gasteiger partial charge on any atom is 0.336 e. The molecule has 3 rings (SSSR count). The van der Waals surface area contributed by atoms with Crippen LogP contribution in [0.2, 0.25) is 0 Å². The molecule has 0 fully saturated rings. The van der Waals surface area contributed by atoms with Crippen molar-refractivity contribution in [2.75, 3.05) is 18.9 Å². The number of hydrogen-bond acceptors (Lipinski definition) is 4. The van der Waals surface area contributed by atoms with E-state index in [-0.39, 0.29) is 18.3 Å². The second-order valence-electron chi connectivity index (χ2n) is 6.75. The van der Waals surface area contributed by atoms with Gasteiger partial charge in [-0.3, -0.25) is 9.69 Å². The maximum atomic E-state index is 12.9. The number of fused-ring (bicyclic) bond motifs is 1. The third kappa shape index (κ3) is 4.60. The Hall–Kier alpha value is -2.99. The van der Waals surface area contributed by atoms with Gasteiger partial charge in [0.25, 0.3) is 0 Å². The molecular weight excluding hydrogens is 347 g/mol. The van der Waals surface area contributed by atoms with Gasteiger partial charge in [0.05, 0.1) is 6.54 Å². The molecule has 0 aliphatic heterocycles. The SMILES string of the molecule is Cc1cc2oc(=O)cc(CN(C)CC(=O)Nc3ccc(F)cc3)c2cc1C. The highest BCUT2D eigenvalue weighted by atomic mass is 19.1. The number of nitrogens with one attached hydrogen (secondary N) is 1. The van der Waals surface area contributed by atoms with E-state index in [4.69, 9.17) is 4.42 Å². The summed E-state index contributed by atoms with van der Waals surface area (Å²) in [6.45, 7) is 4.52. The first-order chi connectivity index (χ1) is 12.8. The van der Waals surface area contributed by atoms with Crippen molar-refractivity contribution in [3.05, 3.63) is 75.4 Å². The number of benzene rings is 2. The van der Waals surface area contributed by atoms with Crippen LogP contribution in [0.25, 0.3) is 11.0 Å². The van der Waals surface area contributed by atoms with E-state index in [9.17, 15) is 14.0 Å². The molecule has 5 nitrogen and oxygen atoms in total. The summed E-state index contributed by atoms with van der Waals surface area (Å²) in [5.74, 6) is -0.575. The van der Waals surface area contributed by atoms with Gasteiger partial charge in [0.1, 0.15) is 11.4 Å². The zero-order valence-electron chi connectivity index (χ0n) is 15.5. The Kier molecular flexibility index (Phi) is 5.37. The fourth-order valence-electron chi connectivity index (χ4n) is 2.94. The Morgan fingerprint density at radius 2 is 1.78 bits per heavy atom. The highest BCUT2D eigenvalue weighted by Crippen LogP contribution is 2.22. The van der Waals surface area contributed by atoms with Crippen LogP contribution < -0.4 is 10.9 Å². The molecule has 0 spiro atoms. The zero-order chi connectivity index (χ0) is 19.6. The highest BCUT2D eigenvalue weighted by Gasteiger charge is 2.12. The van der Waals surface area contributed by atoms with E-state index in [1.165, 1.54) is 30.3 Å². The molecule has 3 aromatic rings. The summed E-state index contributed by atoms with van der Waals surface area (Å²) >= 11 is 0. The van der Waals surface area contributed by atoms with Gasteiger partial charge >= 0.3 is 5.63 Å². The summed E-state index contributed by atoms with van der Waals surface area (Å²) in [7, 11) is 1.80. The Balaban J connectivity index is 1.74. The van der Waals surface area contributed by atoms with E-state index in [1.54, 1.807) is 7.05 Å². The number of nitrogens with zero attached hydrogens (tertiary/aromatic N) is 1. The van der Waals surface area contributed by atoms with Crippen molar-refractivity contribution in [1.82, 2.24) is 4.90 Å². The van der Waals surface area contributed by atoms with Crippen LogP contribution in [0.3, 0.4) is 0 Å². The molecule has 140 valence electrons. The standard InChI is InChI=1S/C21H21FN2O3/c1-13-8-18-15(10-21(26)27-19(18)9-14(13)2)11-24(3)12-20(25)23-17-6-4-16(22)5-7-17/h4-10H,11-12H2,1-3H3,(H,23,25). The Morgan fingerprint density at radius 1 is 1.11 bits per heavy atom. The van der Waals surface area contributed by atoms with Gasteiger partial charge in [-0.15, -0.1) is 0 Å². The van der Waals surface area contributed by atoms with Crippen LogP contribution in [0.4, 0.5) is 10.1 Å². The fraction of sp³-hybridized carbons (Fsp3) is 0.238. The van der Waals surface area contributed by atoms with Crippen LogP contribution in [-0.4, -0.2) is 24.4 Å². The predicted molar refractivity (Wildman–Crippen MR) is 103 cm³/mol. The lowest BCUT2D eigenvalue weighted by Gasteiger charge is -2.17. The molecule has 0 radical (unpaired) electrons. The van der Waals surface area contributed by atoms with E-state index in [1.807, 2.05) is 30.9 Å². The lowest BCUT2D eigenvalue weighted by Crippen LogP contribution is -2.30. The van der Waals surface area contributed by atoms with Crippen LogP contribution in [0.5, 0.6) is 0 Å². The number of carbonyl (C=O) groups excluding carboxylic acids is 1. The van der Waals surface area contributed by atoms with Crippen LogP contribution in [0.15, 0.2) is 51.7 Å². The molecule has 0 atom stereocenters. The van der Waals surface area contributed by atoms with Crippen LogP contribution in [0.1, 0.15) is 16.7 Å². The summed E-state index contributed by atoms with van der Waals surface area (Å²) in [6.07, 6.45) is 0. The largest absolute Gasteiger partial charge is 0.423 e. The summed E-state index contributed by atoms with van der Waals surface area (Å²) in [4.78, 5) is 25.9. The van der Waals surface area contributed by atoms with Gasteiger partial charge in [-0.25, -0.2) is 9.18 Å². The molecule has 1 amide bonds. The van der Waals surface area contributed by atoms with Crippen molar-refractivity contribution in [1.29, 1.82) is 0 Å². The number of hydrogen-bond donors (Lipinski definition) is 1. The third-order valence-electron chi connectivity index (χ3n) is 4.43. The van der Waals surface area contributed by atoms with Crippen molar-refractivity contribution in [3.8, 4) is 0 Å². The average Bonchev–Trinajstić information content (AvgIpc) is 2.58. The number of aryl methyl sites for hydroxylation is 2. The molecule has 0 saturated carbocycles. The lowest BCUT2D eigenvalue weighted by molar-refractivity contribution is -0.117. The molecular formula is C21H21FN2O3. The first-order valence-electron chi connectivity index (χ1n) is 8.60. The van der Waals surface area contributed by atoms with E-state index in [0.29, 0.717) is 17.8 Å². The van der Waals surface area contributed by atoms with Gasteiger partial charge < -0.3 is 9.73 Å². The van der Waals surface area contributed by atoms with Gasteiger partial charge in [0.2, 0.25) is 5.91 Å². The quantitative estimate of drug-likeness (QED) is 0.699. The summed E-state index contributed by atoms with van der Waals surface area (Å²) in [6, 6.07) is 10.9. The Morgan fingerprint density at radius 3 is 2.48 bits per heavy atom. The number of likely N-dealkylation sites (N-methyl/N-ethyl adjacent to an activating group) is 1. The molecule has 0 saturated heterocycles. The second kappa shape index (κ2) is 7.72. The lowest BCUT2D eigenvalue weighted by atomic mass is 10.0. The van der Waals surface area contributed by atoms with E-state index in [2.05, 4.69) is 5.32 Å². The second-order valence-corrected chi connectivity index (χ2v) is 6.75. The minimum atomic E-state index is -0.412. The van der Waals surface area contributed by atoms with Gasteiger partial charge in [0.15, 0.2) is 0 Å². The topological polar surface area (TPSA) is 62.6 Å². The van der Waals surface area contributed by atoms with Crippen molar-refractivity contribution in [3.63, 3.8) is 0 Å². The molecule has 0 aliphatic carbocycles. The first kappa shape index (κ1) is 18.8. The number of carbonyl (C=O) groups is 1. The molecule has 1 N–H and O–H groups in total. The highest BCUT2D eigenvalue weighted by molar-refractivity contribution is 5.92. The van der Waals surface area contributed by atoms with Crippen LogP contribution >= 0.6 is 0 Å². The molecule has 6 heteroatoms. The Labute approximate surface area is 156 Å². The van der Waals surface area contributed by atoms with E-state index < -0.39 is 5.63 Å². The molecule has 1 heterocycles. The normalized spacial score (nSPS) is 11.1. The van der Waals surface area contributed by atoms with Crippen molar-refractivity contribution >= 4 is 22.6 Å². The molecule has 0 unspecified atom stereocenters. The van der Waals surface area contributed by atoms with Gasteiger partial charge in [-0.05, 0) is 74.0 Å². The van der Waals surface area contributed by atoms with Gasteiger partial charge in [-0.2, -0.15) is 0 Å². The summed E-state index contributed by atoms with van der Waals surface area (Å²) in [5.41, 5.74) is 3.63. The molecule has 2 aromatic carbocycles. The van der Waals surface area contributed by atoms with E-state index in [0.717, 1.165) is 22.1 Å². The fourth-order valence-corrected chi connectivity index (χ4v) is 2.94. The van der Waals surface area contributed by atoms with Crippen molar-refractivity contribution < 1.29 is 13.6 Å². The van der Waals surface area contributed by atoms with Crippen molar-refractivity contribution in [2.45, 2.75) is 20.4 Å². The smallest absolute Gasteiger partial charge is 0.336 e. The molecule has 0 bridgehead atoms. The molecule has 0 aliphatic rings. The minimum absolute atomic E-state index is 0.129. The first-order valence-corrected chi connectivity index (χ1v) is 8.60. The summed E-state index contributed by atoms with van der Waals surface area (Å²) < 4.78 is 18.2. The van der Waals surface area contributed by atoms with E-state index >= 15 is 0 Å². The van der Waals surface area contributed by atoms with Gasteiger partial charge in [-0.1, -0.05) is 0 Å². The predicted octanol–water partition coefficient (Wildman–Crippen LogP) is 3.62. The number of halogens is 1. The number of rotatable bonds is 5. The Bertz CT molecular complexity index is 1040. The van der Waals surface area contributed by atoms with Crippen LogP contribution in [0, 0.1) is 19.7 Å². The molecule has 1 aromatic heterocycles. The monoisotopic (exact) mass is 368 g/mol. The maximum absolute atomic E-state index is 12.9. The van der Waals surface area contributed by atoms with Crippen molar-refractivity contribution in [2.24, 2.45) is 0 Å². The third-order valence-corrected chi connectivity index (χ3v) is 4.43. The molecule has 27 heavy (non-hydrogen) atoms. The minimum Gasteiger partial charge on any atom is -0.423 e. The summed E-state index contributed by atoms with van der Waals surface area (Å²) in [5, 5.41) is 3.59. The number of anilines is 1.